The zero-order chi connectivity index (χ0) is 16.5. The summed E-state index contributed by atoms with van der Waals surface area (Å²) < 4.78 is 11.2. The maximum absolute atomic E-state index is 9.03. The smallest absolute Gasteiger partial charge is 0.169 e. The Bertz CT molecular complexity index is 619. The summed E-state index contributed by atoms with van der Waals surface area (Å²) in [4.78, 5) is 0. The molecule has 0 radical (unpaired) electrons. The Kier molecular flexibility index (Phi) is 6.53. The van der Waals surface area contributed by atoms with E-state index in [0.29, 0.717) is 30.3 Å². The maximum Gasteiger partial charge on any atom is 0.169 e. The molecule has 0 bridgehead atoms. The first kappa shape index (κ1) is 16.9. The maximum atomic E-state index is 9.03. The van der Waals surface area contributed by atoms with Crippen molar-refractivity contribution in [2.24, 2.45) is 0 Å². The van der Waals surface area contributed by atoms with Gasteiger partial charge in [-0.3, -0.25) is 0 Å². The van der Waals surface area contributed by atoms with Gasteiger partial charge in [0.05, 0.1) is 26.0 Å². The number of ether oxygens (including phenoxy) is 2. The SMILES string of the molecule is COc1ccccc1Oc1ccc(NCCO)cc1NCCO. The Morgan fingerprint density at radius 3 is 2.26 bits per heavy atom. The molecule has 0 saturated carbocycles. The van der Waals surface area contributed by atoms with Crippen LogP contribution in [-0.2, 0) is 0 Å². The number of hydrogen-bond acceptors (Lipinski definition) is 6. The highest BCUT2D eigenvalue weighted by Gasteiger charge is 2.09. The van der Waals surface area contributed by atoms with Gasteiger partial charge in [0.15, 0.2) is 17.2 Å². The minimum absolute atomic E-state index is 0.0163. The molecule has 0 atom stereocenters. The largest absolute Gasteiger partial charge is 0.493 e. The van der Waals surface area contributed by atoms with Crippen LogP contribution in [0.2, 0.25) is 0 Å². The zero-order valence-electron chi connectivity index (χ0n) is 13.1. The van der Waals surface area contributed by atoms with Gasteiger partial charge in [0.2, 0.25) is 0 Å². The van der Waals surface area contributed by atoms with Crippen molar-refractivity contribution in [2.45, 2.75) is 0 Å². The number of rotatable bonds is 9. The molecular formula is C17H22N2O4. The molecule has 6 heteroatoms. The predicted octanol–water partition coefficient (Wildman–Crippen LogP) is 2.30. The van der Waals surface area contributed by atoms with Crippen molar-refractivity contribution < 1.29 is 19.7 Å². The molecule has 0 spiro atoms. The molecule has 0 aliphatic heterocycles. The van der Waals surface area contributed by atoms with E-state index in [9.17, 15) is 0 Å². The lowest BCUT2D eigenvalue weighted by Gasteiger charge is -2.16. The number of nitrogens with one attached hydrogen (secondary N) is 2. The summed E-state index contributed by atoms with van der Waals surface area (Å²) in [5, 5.41) is 24.1. The van der Waals surface area contributed by atoms with Gasteiger partial charge < -0.3 is 30.3 Å². The van der Waals surface area contributed by atoms with Crippen molar-refractivity contribution in [3.8, 4) is 17.2 Å². The number of anilines is 2. The van der Waals surface area contributed by atoms with Crippen LogP contribution in [0.15, 0.2) is 42.5 Å². The third kappa shape index (κ3) is 4.77. The molecular weight excluding hydrogens is 296 g/mol. The molecule has 0 aromatic heterocycles. The van der Waals surface area contributed by atoms with Crippen molar-refractivity contribution in [3.05, 3.63) is 42.5 Å². The number of methoxy groups -OCH3 is 1. The molecule has 0 saturated heterocycles. The first-order valence-corrected chi connectivity index (χ1v) is 7.43. The summed E-state index contributed by atoms with van der Waals surface area (Å²) in [5.74, 6) is 1.87. The zero-order valence-corrected chi connectivity index (χ0v) is 13.1. The molecule has 0 unspecified atom stereocenters. The fourth-order valence-electron chi connectivity index (χ4n) is 2.08. The normalized spacial score (nSPS) is 10.2. The Morgan fingerprint density at radius 1 is 0.870 bits per heavy atom. The Morgan fingerprint density at radius 2 is 1.57 bits per heavy atom. The van der Waals surface area contributed by atoms with Gasteiger partial charge in [-0.25, -0.2) is 0 Å². The number of aliphatic hydroxyl groups excluding tert-OH is 2. The number of para-hydroxylation sites is 2. The minimum Gasteiger partial charge on any atom is -0.493 e. The Balaban J connectivity index is 2.24. The van der Waals surface area contributed by atoms with Gasteiger partial charge in [0.1, 0.15) is 0 Å². The van der Waals surface area contributed by atoms with Crippen LogP contribution in [-0.4, -0.2) is 43.6 Å². The first-order valence-electron chi connectivity index (χ1n) is 7.43. The second-order valence-electron chi connectivity index (χ2n) is 4.76. The fourth-order valence-corrected chi connectivity index (χ4v) is 2.08. The number of benzene rings is 2. The van der Waals surface area contributed by atoms with Crippen LogP contribution >= 0.6 is 0 Å². The number of aliphatic hydroxyl groups is 2. The van der Waals surface area contributed by atoms with Gasteiger partial charge in [-0.15, -0.1) is 0 Å². The topological polar surface area (TPSA) is 83.0 Å². The fraction of sp³-hybridized carbons (Fsp3) is 0.294. The summed E-state index contributed by atoms with van der Waals surface area (Å²) in [6.07, 6.45) is 0. The second-order valence-corrected chi connectivity index (χ2v) is 4.76. The number of hydrogen-bond donors (Lipinski definition) is 4. The van der Waals surface area contributed by atoms with Crippen LogP contribution in [0.4, 0.5) is 11.4 Å². The average Bonchev–Trinajstić information content (AvgIpc) is 2.60. The highest BCUT2D eigenvalue weighted by atomic mass is 16.5. The van der Waals surface area contributed by atoms with E-state index in [2.05, 4.69) is 10.6 Å². The molecule has 4 N–H and O–H groups in total. The predicted molar refractivity (Wildman–Crippen MR) is 90.7 cm³/mol. The van der Waals surface area contributed by atoms with Gasteiger partial charge in [-0.05, 0) is 30.3 Å². The van der Waals surface area contributed by atoms with Crippen molar-refractivity contribution >= 4 is 11.4 Å². The summed E-state index contributed by atoms with van der Waals surface area (Å²) in [6.45, 7) is 0.944. The lowest BCUT2D eigenvalue weighted by atomic mass is 10.2. The van der Waals surface area contributed by atoms with Gasteiger partial charge in [-0.2, -0.15) is 0 Å². The first-order chi connectivity index (χ1) is 11.3. The van der Waals surface area contributed by atoms with Gasteiger partial charge in [-0.1, -0.05) is 12.1 Å². The molecule has 0 aliphatic rings. The van der Waals surface area contributed by atoms with Crippen LogP contribution in [0.5, 0.6) is 17.2 Å². The van der Waals surface area contributed by atoms with E-state index in [1.165, 1.54) is 0 Å². The lowest BCUT2D eigenvalue weighted by molar-refractivity contribution is 0.311. The van der Waals surface area contributed by atoms with E-state index in [4.69, 9.17) is 19.7 Å². The third-order valence-electron chi connectivity index (χ3n) is 3.14. The summed E-state index contributed by atoms with van der Waals surface area (Å²) in [7, 11) is 1.59. The molecule has 2 aromatic rings. The summed E-state index contributed by atoms with van der Waals surface area (Å²) in [6, 6.07) is 13.0. The Labute approximate surface area is 135 Å². The molecule has 124 valence electrons. The van der Waals surface area contributed by atoms with E-state index >= 15 is 0 Å². The van der Waals surface area contributed by atoms with Gasteiger partial charge >= 0.3 is 0 Å². The van der Waals surface area contributed by atoms with Crippen LogP contribution in [0.1, 0.15) is 0 Å². The lowest BCUT2D eigenvalue weighted by Crippen LogP contribution is -2.09. The van der Waals surface area contributed by atoms with Crippen molar-refractivity contribution in [3.63, 3.8) is 0 Å². The second kappa shape index (κ2) is 8.87. The molecule has 0 fully saturated rings. The van der Waals surface area contributed by atoms with E-state index in [1.54, 1.807) is 7.11 Å². The standard InChI is InChI=1S/C17H22N2O4/c1-22-16-4-2-3-5-17(16)23-15-7-6-13(18-8-10-20)12-14(15)19-9-11-21/h2-7,12,18-21H,8-11H2,1H3. The van der Waals surface area contributed by atoms with E-state index in [-0.39, 0.29) is 13.2 Å². The molecule has 2 rings (SSSR count). The van der Waals surface area contributed by atoms with E-state index in [1.807, 2.05) is 42.5 Å². The molecule has 0 heterocycles. The monoisotopic (exact) mass is 318 g/mol. The van der Waals surface area contributed by atoms with Crippen LogP contribution in [0, 0.1) is 0 Å². The van der Waals surface area contributed by atoms with Crippen molar-refractivity contribution in [1.82, 2.24) is 0 Å². The molecule has 0 amide bonds. The van der Waals surface area contributed by atoms with E-state index < -0.39 is 0 Å². The third-order valence-corrected chi connectivity index (χ3v) is 3.14. The highest BCUT2D eigenvalue weighted by Crippen LogP contribution is 2.36. The summed E-state index contributed by atoms with van der Waals surface area (Å²) in [5.41, 5.74) is 1.60. The molecule has 0 aliphatic carbocycles. The van der Waals surface area contributed by atoms with Crippen LogP contribution < -0.4 is 20.1 Å². The quantitative estimate of drug-likeness (QED) is 0.568. The van der Waals surface area contributed by atoms with E-state index in [0.717, 1.165) is 11.4 Å². The minimum atomic E-state index is 0.0163. The summed E-state index contributed by atoms with van der Waals surface area (Å²) >= 11 is 0. The molecule has 2 aromatic carbocycles. The van der Waals surface area contributed by atoms with Crippen LogP contribution in [0.25, 0.3) is 0 Å². The molecule has 6 nitrogen and oxygen atoms in total. The van der Waals surface area contributed by atoms with Gasteiger partial charge in [0.25, 0.3) is 0 Å². The van der Waals surface area contributed by atoms with Crippen LogP contribution in [0.3, 0.4) is 0 Å². The molecule has 23 heavy (non-hydrogen) atoms. The Hall–Kier alpha value is -2.44. The van der Waals surface area contributed by atoms with Gasteiger partial charge in [0, 0.05) is 18.8 Å². The van der Waals surface area contributed by atoms with Crippen molar-refractivity contribution in [2.75, 3.05) is 44.0 Å². The highest BCUT2D eigenvalue weighted by molar-refractivity contribution is 5.66. The van der Waals surface area contributed by atoms with Crippen molar-refractivity contribution in [1.29, 1.82) is 0 Å². The average molecular weight is 318 g/mol.